The van der Waals surface area contributed by atoms with E-state index in [1.54, 1.807) is 0 Å². The molecule has 1 aliphatic rings. The molecular formula is C6H4ClN3O3. The molecule has 0 bridgehead atoms. The fourth-order valence-electron chi connectivity index (χ4n) is 0.805. The Kier molecular flexibility index (Phi) is 2.43. The highest BCUT2D eigenvalue weighted by Gasteiger charge is 2.27. The highest BCUT2D eigenvalue weighted by atomic mass is 35.5. The molecule has 0 heterocycles. The van der Waals surface area contributed by atoms with Crippen LogP contribution in [0.3, 0.4) is 0 Å². The van der Waals surface area contributed by atoms with Gasteiger partial charge in [0.15, 0.2) is 11.4 Å². The normalized spacial score (nSPS) is 19.8. The summed E-state index contributed by atoms with van der Waals surface area (Å²) in [7, 11) is 0. The summed E-state index contributed by atoms with van der Waals surface area (Å²) in [6.45, 7) is 0. The third-order valence-corrected chi connectivity index (χ3v) is 1.71. The zero-order valence-electron chi connectivity index (χ0n) is 6.19. The number of oxime groups is 1. The molecule has 1 rings (SSSR count). The maximum atomic E-state index is 10.3. The molecule has 0 amide bonds. The summed E-state index contributed by atoms with van der Waals surface area (Å²) in [6, 6.07) is 0. The van der Waals surface area contributed by atoms with Crippen molar-refractivity contribution in [1.82, 2.24) is 0 Å². The van der Waals surface area contributed by atoms with Crippen molar-refractivity contribution >= 4 is 23.0 Å². The maximum Gasteiger partial charge on any atom is 0.296 e. The van der Waals surface area contributed by atoms with Gasteiger partial charge < -0.3 is 5.21 Å². The van der Waals surface area contributed by atoms with Gasteiger partial charge in [-0.2, -0.15) is 0 Å². The quantitative estimate of drug-likeness (QED) is 0.288. The Morgan fingerprint density at radius 2 is 2.23 bits per heavy atom. The van der Waals surface area contributed by atoms with Crippen LogP contribution in [0.2, 0.25) is 0 Å². The van der Waals surface area contributed by atoms with Gasteiger partial charge in [-0.05, 0) is 6.08 Å². The molecule has 7 heteroatoms. The predicted molar refractivity (Wildman–Crippen MR) is 46.0 cm³/mol. The van der Waals surface area contributed by atoms with Crippen LogP contribution in [0, 0.1) is 15.5 Å². The average molecular weight is 202 g/mol. The van der Waals surface area contributed by atoms with Crippen molar-refractivity contribution in [3.05, 3.63) is 33.0 Å². The number of allylic oxidation sites excluding steroid dienone is 4. The summed E-state index contributed by atoms with van der Waals surface area (Å²) in [6.07, 6.45) is 2.28. The van der Waals surface area contributed by atoms with Crippen molar-refractivity contribution in [3.8, 4) is 0 Å². The third kappa shape index (κ3) is 1.57. The number of hydrogen-bond donors (Lipinski definition) is 2. The monoisotopic (exact) mass is 201 g/mol. The molecule has 0 atom stereocenters. The lowest BCUT2D eigenvalue weighted by Gasteiger charge is -2.06. The van der Waals surface area contributed by atoms with Crippen LogP contribution >= 0.6 is 11.6 Å². The number of halogens is 1. The Morgan fingerprint density at radius 3 is 2.69 bits per heavy atom. The first kappa shape index (κ1) is 9.40. The molecule has 0 saturated heterocycles. The van der Waals surface area contributed by atoms with Gasteiger partial charge in [0.25, 0.3) is 5.70 Å². The Labute approximate surface area is 77.5 Å². The molecule has 0 fully saturated rings. The van der Waals surface area contributed by atoms with Gasteiger partial charge in [-0.25, -0.2) is 0 Å². The third-order valence-electron chi connectivity index (χ3n) is 1.40. The molecule has 0 aromatic carbocycles. The van der Waals surface area contributed by atoms with Crippen molar-refractivity contribution in [3.63, 3.8) is 0 Å². The first-order chi connectivity index (χ1) is 6.07. The van der Waals surface area contributed by atoms with Gasteiger partial charge in [0.2, 0.25) is 0 Å². The fraction of sp³-hybridized carbons (Fsp3) is 0. The van der Waals surface area contributed by atoms with E-state index >= 15 is 0 Å². The number of nitro groups is 1. The number of nitrogens with zero attached hydrogens (tertiary/aromatic N) is 2. The van der Waals surface area contributed by atoms with E-state index in [9.17, 15) is 10.1 Å². The molecule has 0 spiro atoms. The van der Waals surface area contributed by atoms with Crippen LogP contribution in [0.4, 0.5) is 0 Å². The molecule has 2 N–H and O–H groups in total. The second-order valence-electron chi connectivity index (χ2n) is 2.15. The topological polar surface area (TPSA) is 99.6 Å². The average Bonchev–Trinajstić information content (AvgIpc) is 2.04. The second-order valence-corrected chi connectivity index (χ2v) is 2.55. The maximum absolute atomic E-state index is 10.3. The number of rotatable bonds is 1. The van der Waals surface area contributed by atoms with Crippen LogP contribution in [-0.4, -0.2) is 21.6 Å². The van der Waals surface area contributed by atoms with Crippen molar-refractivity contribution in [2.24, 2.45) is 5.16 Å². The summed E-state index contributed by atoms with van der Waals surface area (Å²) in [5, 5.41) is 28.6. The van der Waals surface area contributed by atoms with Gasteiger partial charge in [0, 0.05) is 6.08 Å². The fourth-order valence-corrected chi connectivity index (χ4v) is 1.00. The Bertz CT molecular complexity index is 369. The van der Waals surface area contributed by atoms with Crippen molar-refractivity contribution < 1.29 is 10.1 Å². The van der Waals surface area contributed by atoms with Gasteiger partial charge in [0.05, 0.1) is 9.96 Å². The minimum absolute atomic E-state index is 0.00176. The number of hydrogen-bond acceptors (Lipinski definition) is 5. The second kappa shape index (κ2) is 3.36. The summed E-state index contributed by atoms with van der Waals surface area (Å²) >= 11 is 5.51. The molecule has 6 nitrogen and oxygen atoms in total. The van der Waals surface area contributed by atoms with E-state index in [0.29, 0.717) is 0 Å². The lowest BCUT2D eigenvalue weighted by Crippen LogP contribution is -2.23. The zero-order chi connectivity index (χ0) is 10.0. The minimum atomic E-state index is -0.743. The van der Waals surface area contributed by atoms with Crippen LogP contribution in [-0.2, 0) is 0 Å². The van der Waals surface area contributed by atoms with E-state index in [4.69, 9.17) is 22.2 Å². The summed E-state index contributed by atoms with van der Waals surface area (Å²) in [5.41, 5.74) is -1.24. The highest BCUT2D eigenvalue weighted by molar-refractivity contribution is 6.63. The molecule has 0 aromatic heterocycles. The van der Waals surface area contributed by atoms with E-state index in [2.05, 4.69) is 5.16 Å². The van der Waals surface area contributed by atoms with Crippen molar-refractivity contribution in [2.45, 2.75) is 0 Å². The van der Waals surface area contributed by atoms with Gasteiger partial charge in [0.1, 0.15) is 0 Å². The van der Waals surface area contributed by atoms with Crippen LogP contribution in [0.5, 0.6) is 0 Å². The molecule has 68 valence electrons. The van der Waals surface area contributed by atoms with E-state index in [1.807, 2.05) is 0 Å². The van der Waals surface area contributed by atoms with Gasteiger partial charge >= 0.3 is 0 Å². The number of nitrogens with one attached hydrogen (secondary N) is 1. The van der Waals surface area contributed by atoms with Crippen LogP contribution in [0.15, 0.2) is 28.0 Å². The minimum Gasteiger partial charge on any atom is -0.410 e. The molecule has 0 aromatic rings. The van der Waals surface area contributed by atoms with Gasteiger partial charge in [-0.1, -0.05) is 16.8 Å². The van der Waals surface area contributed by atoms with Crippen LogP contribution in [0.25, 0.3) is 0 Å². The molecule has 0 aliphatic heterocycles. The smallest absolute Gasteiger partial charge is 0.296 e. The molecular weight excluding hydrogens is 198 g/mol. The van der Waals surface area contributed by atoms with Crippen LogP contribution in [0.1, 0.15) is 0 Å². The lowest BCUT2D eigenvalue weighted by molar-refractivity contribution is -0.414. The van der Waals surface area contributed by atoms with E-state index < -0.39 is 16.3 Å². The first-order valence-corrected chi connectivity index (χ1v) is 3.49. The summed E-state index contributed by atoms with van der Waals surface area (Å²) in [5.74, 6) is 0. The molecule has 0 unspecified atom stereocenters. The molecule has 1 aliphatic carbocycles. The Hall–Kier alpha value is -1.69. The summed E-state index contributed by atoms with van der Waals surface area (Å²) < 4.78 is 0. The summed E-state index contributed by atoms with van der Waals surface area (Å²) in [4.78, 5) is 9.58. The van der Waals surface area contributed by atoms with E-state index in [0.717, 1.165) is 6.08 Å². The van der Waals surface area contributed by atoms with E-state index in [-0.39, 0.29) is 10.7 Å². The molecule has 0 saturated carbocycles. The predicted octanol–water partition coefficient (Wildman–Crippen LogP) is 1.13. The standard InChI is InChI=1S/C6H4ClN3O3/c7-3-1-2-4(10(12)13)5(8)6(3)9-11/h1-2,8,11H/b8-5?,9-6-. The van der Waals surface area contributed by atoms with Gasteiger partial charge in [-0.3, -0.25) is 15.5 Å². The van der Waals surface area contributed by atoms with E-state index in [1.165, 1.54) is 6.08 Å². The van der Waals surface area contributed by atoms with Crippen LogP contribution < -0.4 is 0 Å². The highest BCUT2D eigenvalue weighted by Crippen LogP contribution is 2.16. The first-order valence-electron chi connectivity index (χ1n) is 3.11. The Morgan fingerprint density at radius 1 is 1.62 bits per heavy atom. The lowest BCUT2D eigenvalue weighted by atomic mass is 10.1. The molecule has 13 heavy (non-hydrogen) atoms. The Balaban J connectivity index is 3.19. The van der Waals surface area contributed by atoms with Crippen molar-refractivity contribution in [1.29, 1.82) is 5.41 Å². The SMILES string of the molecule is N=C1C([N+](=O)[O-])=CC=C(Cl)/C1=N/O. The van der Waals surface area contributed by atoms with Crippen molar-refractivity contribution in [2.75, 3.05) is 0 Å². The van der Waals surface area contributed by atoms with Gasteiger partial charge in [-0.15, -0.1) is 0 Å². The largest absolute Gasteiger partial charge is 0.410 e. The molecule has 0 radical (unpaired) electrons. The zero-order valence-corrected chi connectivity index (χ0v) is 6.95.